The second-order valence-electron chi connectivity index (χ2n) is 5.30. The highest BCUT2D eigenvalue weighted by atomic mass is 16.5. The van der Waals surface area contributed by atoms with Crippen molar-refractivity contribution in [3.8, 4) is 0 Å². The molecule has 2 atom stereocenters. The van der Waals surface area contributed by atoms with Crippen molar-refractivity contribution in [1.29, 1.82) is 0 Å². The van der Waals surface area contributed by atoms with E-state index in [4.69, 9.17) is 10.5 Å². The van der Waals surface area contributed by atoms with Gasteiger partial charge in [0.1, 0.15) is 0 Å². The van der Waals surface area contributed by atoms with Gasteiger partial charge in [-0.2, -0.15) is 0 Å². The zero-order chi connectivity index (χ0) is 12.1. The van der Waals surface area contributed by atoms with Crippen molar-refractivity contribution < 1.29 is 9.53 Å². The number of nitrogens with one attached hydrogen (secondary N) is 1. The van der Waals surface area contributed by atoms with E-state index in [1.54, 1.807) is 0 Å². The minimum absolute atomic E-state index is 0.120. The van der Waals surface area contributed by atoms with Crippen molar-refractivity contribution in [3.63, 3.8) is 0 Å². The topological polar surface area (TPSA) is 64.3 Å². The molecule has 2 saturated carbocycles. The molecule has 2 aliphatic carbocycles. The summed E-state index contributed by atoms with van der Waals surface area (Å²) in [5.41, 5.74) is 6.06. The van der Waals surface area contributed by atoms with Crippen molar-refractivity contribution >= 4 is 5.91 Å². The molecule has 1 amide bonds. The van der Waals surface area contributed by atoms with Gasteiger partial charge in [-0.05, 0) is 25.7 Å². The third kappa shape index (κ3) is 4.64. The molecule has 3 N–H and O–H groups in total. The summed E-state index contributed by atoms with van der Waals surface area (Å²) in [6, 6.07) is 0.603. The summed E-state index contributed by atoms with van der Waals surface area (Å²) >= 11 is 0. The van der Waals surface area contributed by atoms with Crippen LogP contribution in [0.15, 0.2) is 0 Å². The fraction of sp³-hybridized carbons (Fsp3) is 0.923. The molecular weight excluding hydrogens is 216 g/mol. The second-order valence-corrected chi connectivity index (χ2v) is 5.30. The molecule has 2 aliphatic rings. The Morgan fingerprint density at radius 2 is 1.94 bits per heavy atom. The molecular formula is C13H24N2O2. The van der Waals surface area contributed by atoms with Crippen molar-refractivity contribution in [1.82, 2.24) is 5.32 Å². The van der Waals surface area contributed by atoms with Crippen LogP contribution in [0.5, 0.6) is 0 Å². The molecule has 0 heterocycles. The number of carbonyl (C=O) groups excluding carboxylic acids is 1. The van der Waals surface area contributed by atoms with Crippen LogP contribution < -0.4 is 11.1 Å². The minimum Gasteiger partial charge on any atom is -0.376 e. The average molecular weight is 240 g/mol. The third-order valence-electron chi connectivity index (χ3n) is 3.61. The first-order valence-electron chi connectivity index (χ1n) is 6.92. The lowest BCUT2D eigenvalue weighted by atomic mass is 10.1. The van der Waals surface area contributed by atoms with Crippen LogP contribution in [0.4, 0.5) is 0 Å². The summed E-state index contributed by atoms with van der Waals surface area (Å²) < 4.78 is 5.76. The number of ether oxygens (including phenoxy) is 1. The van der Waals surface area contributed by atoms with Crippen molar-refractivity contribution in [2.75, 3.05) is 6.61 Å². The first-order valence-corrected chi connectivity index (χ1v) is 6.92. The lowest BCUT2D eigenvalue weighted by molar-refractivity contribution is -0.122. The molecule has 2 rings (SSSR count). The Bertz CT molecular complexity index is 254. The number of carbonyl (C=O) groups is 1. The highest BCUT2D eigenvalue weighted by molar-refractivity contribution is 5.76. The Balaban J connectivity index is 1.60. The van der Waals surface area contributed by atoms with Gasteiger partial charge in [-0.15, -0.1) is 0 Å². The Labute approximate surface area is 103 Å². The van der Waals surface area contributed by atoms with E-state index in [9.17, 15) is 4.79 Å². The molecule has 0 radical (unpaired) electrons. The second kappa shape index (κ2) is 6.36. The van der Waals surface area contributed by atoms with Gasteiger partial charge in [0.25, 0.3) is 0 Å². The Kier molecular flexibility index (Phi) is 4.80. The van der Waals surface area contributed by atoms with Gasteiger partial charge in [-0.25, -0.2) is 0 Å². The number of nitrogens with two attached hydrogens (primary N) is 1. The number of hydrogen-bond donors (Lipinski definition) is 2. The fourth-order valence-electron chi connectivity index (χ4n) is 2.34. The van der Waals surface area contributed by atoms with E-state index in [1.807, 2.05) is 0 Å². The van der Waals surface area contributed by atoms with Gasteiger partial charge >= 0.3 is 0 Å². The van der Waals surface area contributed by atoms with E-state index < -0.39 is 0 Å². The maximum Gasteiger partial charge on any atom is 0.222 e. The number of amides is 1. The molecule has 0 spiro atoms. The van der Waals surface area contributed by atoms with Gasteiger partial charge < -0.3 is 15.8 Å². The van der Waals surface area contributed by atoms with E-state index in [1.165, 1.54) is 19.3 Å². The summed E-state index contributed by atoms with van der Waals surface area (Å²) in [6.45, 7) is 0.511. The van der Waals surface area contributed by atoms with Crippen LogP contribution in [-0.2, 0) is 9.53 Å². The van der Waals surface area contributed by atoms with E-state index >= 15 is 0 Å². The molecule has 2 fully saturated rings. The third-order valence-corrected chi connectivity index (χ3v) is 3.61. The molecule has 4 heteroatoms. The van der Waals surface area contributed by atoms with Crippen LogP contribution in [0, 0.1) is 0 Å². The van der Waals surface area contributed by atoms with E-state index in [-0.39, 0.29) is 18.1 Å². The average Bonchev–Trinajstić information content (AvgIpc) is 3.09. The lowest BCUT2D eigenvalue weighted by Crippen LogP contribution is -2.36. The molecule has 17 heavy (non-hydrogen) atoms. The van der Waals surface area contributed by atoms with Crippen LogP contribution in [-0.4, -0.2) is 30.7 Å². The Hall–Kier alpha value is -0.610. The molecule has 0 saturated heterocycles. The summed E-state index contributed by atoms with van der Waals surface area (Å²) in [5.74, 6) is 0.120. The van der Waals surface area contributed by atoms with Crippen LogP contribution >= 0.6 is 0 Å². The van der Waals surface area contributed by atoms with Crippen LogP contribution in [0.2, 0.25) is 0 Å². The van der Waals surface area contributed by atoms with E-state index in [2.05, 4.69) is 5.32 Å². The summed E-state index contributed by atoms with van der Waals surface area (Å²) in [4.78, 5) is 11.5. The highest BCUT2D eigenvalue weighted by Gasteiger charge is 2.24. The first-order chi connectivity index (χ1) is 8.25. The van der Waals surface area contributed by atoms with Crippen LogP contribution in [0.25, 0.3) is 0 Å². The predicted octanol–water partition coefficient (Wildman–Crippen LogP) is 1.33. The molecule has 98 valence electrons. The molecule has 0 bridgehead atoms. The molecule has 0 aliphatic heterocycles. The zero-order valence-electron chi connectivity index (χ0n) is 10.5. The monoisotopic (exact) mass is 240 g/mol. The van der Waals surface area contributed by atoms with E-state index in [0.717, 1.165) is 25.7 Å². The van der Waals surface area contributed by atoms with Gasteiger partial charge in [0, 0.05) is 18.5 Å². The van der Waals surface area contributed by atoms with Gasteiger partial charge in [0.15, 0.2) is 0 Å². The summed E-state index contributed by atoms with van der Waals surface area (Å²) in [7, 11) is 0. The fourth-order valence-corrected chi connectivity index (χ4v) is 2.34. The number of rotatable bonds is 5. The van der Waals surface area contributed by atoms with Gasteiger partial charge in [-0.3, -0.25) is 4.79 Å². The smallest absolute Gasteiger partial charge is 0.222 e. The van der Waals surface area contributed by atoms with Crippen molar-refractivity contribution in [2.24, 2.45) is 5.73 Å². The summed E-state index contributed by atoms with van der Waals surface area (Å²) in [5, 5.41) is 2.96. The molecule has 4 nitrogen and oxygen atoms in total. The summed E-state index contributed by atoms with van der Waals surface area (Å²) in [6.07, 6.45) is 8.68. The molecule has 0 aromatic carbocycles. The van der Waals surface area contributed by atoms with Crippen molar-refractivity contribution in [3.05, 3.63) is 0 Å². The lowest BCUT2D eigenvalue weighted by Gasteiger charge is -2.21. The highest BCUT2D eigenvalue weighted by Crippen LogP contribution is 2.20. The van der Waals surface area contributed by atoms with Gasteiger partial charge in [0.2, 0.25) is 5.91 Å². The maximum atomic E-state index is 11.5. The standard InChI is InChI=1S/C13H24N2O2/c14-11-4-2-1-3-5-12(11)17-9-8-13(16)15-10-6-7-10/h10-12H,1-9,14H2,(H,15,16). The van der Waals surface area contributed by atoms with Gasteiger partial charge in [0.05, 0.1) is 12.7 Å². The van der Waals surface area contributed by atoms with Gasteiger partial charge in [-0.1, -0.05) is 19.3 Å². The number of hydrogen-bond acceptors (Lipinski definition) is 3. The van der Waals surface area contributed by atoms with Crippen molar-refractivity contribution in [2.45, 2.75) is 69.6 Å². The predicted molar refractivity (Wildman–Crippen MR) is 66.6 cm³/mol. The molecule has 2 unspecified atom stereocenters. The largest absolute Gasteiger partial charge is 0.376 e. The molecule has 0 aromatic heterocycles. The van der Waals surface area contributed by atoms with Crippen LogP contribution in [0.1, 0.15) is 51.4 Å². The van der Waals surface area contributed by atoms with Crippen LogP contribution in [0.3, 0.4) is 0 Å². The normalized spacial score (nSPS) is 29.7. The van der Waals surface area contributed by atoms with E-state index in [0.29, 0.717) is 19.1 Å². The SMILES string of the molecule is NC1CCCCCC1OCCC(=O)NC1CC1. The Morgan fingerprint density at radius 1 is 1.18 bits per heavy atom. The Morgan fingerprint density at radius 3 is 2.71 bits per heavy atom. The minimum atomic E-state index is 0.120. The molecule has 0 aromatic rings. The maximum absolute atomic E-state index is 11.5. The first kappa shape index (κ1) is 12.8. The quantitative estimate of drug-likeness (QED) is 0.713. The zero-order valence-corrected chi connectivity index (χ0v) is 10.5.